The highest BCUT2D eigenvalue weighted by atomic mass is 32.2. The fraction of sp³-hybridized carbons (Fsp3) is 0.619. The lowest BCUT2D eigenvalue weighted by Crippen LogP contribution is -2.41. The number of anilines is 1. The fourth-order valence-corrected chi connectivity index (χ4v) is 6.01. The SMILES string of the molecule is O=C(CSC1=N[C@H]2CCCC[C@@H]2O1)N1c2ccccc2[C@@H]2CCCC[C@@H]21. The fourth-order valence-electron chi connectivity index (χ4n) is 5.22. The van der Waals surface area contributed by atoms with Crippen molar-refractivity contribution in [1.82, 2.24) is 0 Å². The Morgan fingerprint density at radius 2 is 1.92 bits per heavy atom. The van der Waals surface area contributed by atoms with Crippen molar-refractivity contribution in [2.45, 2.75) is 75.5 Å². The molecule has 4 atom stereocenters. The molecule has 0 saturated heterocycles. The molecule has 4 nitrogen and oxygen atoms in total. The van der Waals surface area contributed by atoms with Gasteiger partial charge >= 0.3 is 0 Å². The van der Waals surface area contributed by atoms with E-state index in [1.54, 1.807) is 0 Å². The first-order valence-corrected chi connectivity index (χ1v) is 11.1. The lowest BCUT2D eigenvalue weighted by Gasteiger charge is -2.32. The van der Waals surface area contributed by atoms with Crippen molar-refractivity contribution in [3.05, 3.63) is 29.8 Å². The number of fused-ring (bicyclic) bond motifs is 4. The molecule has 138 valence electrons. The summed E-state index contributed by atoms with van der Waals surface area (Å²) in [6, 6.07) is 9.18. The monoisotopic (exact) mass is 370 g/mol. The predicted octanol–water partition coefficient (Wildman–Crippen LogP) is 4.49. The van der Waals surface area contributed by atoms with Crippen LogP contribution in [0.25, 0.3) is 0 Å². The standard InChI is InChI=1S/C21H26N2O2S/c24-20(13-26-21-22-16-9-3-6-12-19(16)25-21)23-17-10-4-1-7-14(17)15-8-2-5-11-18(15)23/h1,4,7,10,15-16,18-19H,2-3,5-6,8-9,11-13H2/t15-,16-,18-,19-/m0/s1. The second-order valence-corrected chi connectivity index (χ2v) is 8.90. The summed E-state index contributed by atoms with van der Waals surface area (Å²) < 4.78 is 6.00. The summed E-state index contributed by atoms with van der Waals surface area (Å²) in [5.74, 6) is 1.16. The summed E-state index contributed by atoms with van der Waals surface area (Å²) >= 11 is 1.50. The molecule has 0 bridgehead atoms. The van der Waals surface area contributed by atoms with Gasteiger partial charge in [0.05, 0.1) is 11.8 Å². The highest BCUT2D eigenvalue weighted by Crippen LogP contribution is 2.47. The van der Waals surface area contributed by atoms with E-state index in [0.29, 0.717) is 23.8 Å². The van der Waals surface area contributed by atoms with Crippen molar-refractivity contribution in [3.8, 4) is 0 Å². The Morgan fingerprint density at radius 3 is 2.85 bits per heavy atom. The van der Waals surface area contributed by atoms with Gasteiger partial charge in [0, 0.05) is 17.6 Å². The number of amides is 1. The zero-order chi connectivity index (χ0) is 17.5. The molecule has 1 aromatic rings. The lowest BCUT2D eigenvalue weighted by atomic mass is 9.82. The minimum atomic E-state index is 0.207. The number of benzene rings is 1. The van der Waals surface area contributed by atoms with Crippen molar-refractivity contribution in [3.63, 3.8) is 0 Å². The minimum absolute atomic E-state index is 0.207. The molecule has 1 aromatic carbocycles. The van der Waals surface area contributed by atoms with Crippen LogP contribution >= 0.6 is 11.8 Å². The van der Waals surface area contributed by atoms with E-state index in [0.717, 1.165) is 30.2 Å². The number of ether oxygens (including phenoxy) is 1. The topological polar surface area (TPSA) is 41.9 Å². The van der Waals surface area contributed by atoms with Crippen LogP contribution in [-0.2, 0) is 9.53 Å². The second kappa shape index (κ2) is 6.91. The average molecular weight is 371 g/mol. The molecule has 2 saturated carbocycles. The molecule has 26 heavy (non-hydrogen) atoms. The normalized spacial score (nSPS) is 32.3. The van der Waals surface area contributed by atoms with Crippen LogP contribution in [-0.4, -0.2) is 35.1 Å². The number of thioether (sulfide) groups is 1. The maximum absolute atomic E-state index is 13.1. The number of para-hydroxylation sites is 1. The Hall–Kier alpha value is -1.49. The predicted molar refractivity (Wildman–Crippen MR) is 106 cm³/mol. The molecular formula is C21H26N2O2S. The van der Waals surface area contributed by atoms with Gasteiger partial charge in [-0.05, 0) is 43.7 Å². The third-order valence-corrected chi connectivity index (χ3v) is 7.28. The van der Waals surface area contributed by atoms with Crippen LogP contribution in [0.1, 0.15) is 62.8 Å². The Bertz CT molecular complexity index is 734. The van der Waals surface area contributed by atoms with Gasteiger partial charge in [-0.25, -0.2) is 4.99 Å². The third-order valence-electron chi connectivity index (χ3n) is 6.44. The smallest absolute Gasteiger partial charge is 0.247 e. The highest BCUT2D eigenvalue weighted by Gasteiger charge is 2.42. The van der Waals surface area contributed by atoms with Crippen molar-refractivity contribution < 1.29 is 9.53 Å². The van der Waals surface area contributed by atoms with E-state index in [4.69, 9.17) is 9.73 Å². The molecule has 2 aliphatic heterocycles. The second-order valence-electron chi connectivity index (χ2n) is 7.97. The first kappa shape index (κ1) is 16.7. The van der Waals surface area contributed by atoms with Gasteiger partial charge in [-0.3, -0.25) is 4.79 Å². The summed E-state index contributed by atoms with van der Waals surface area (Å²) in [4.78, 5) is 19.9. The molecule has 5 rings (SSSR count). The minimum Gasteiger partial charge on any atom is -0.467 e. The number of hydrogen-bond donors (Lipinski definition) is 0. The van der Waals surface area contributed by atoms with Crippen LogP contribution in [0.2, 0.25) is 0 Å². The molecule has 2 aliphatic carbocycles. The number of carbonyl (C=O) groups is 1. The van der Waals surface area contributed by atoms with Crippen molar-refractivity contribution in [2.24, 2.45) is 4.99 Å². The molecule has 0 aromatic heterocycles. The average Bonchev–Trinajstić information content (AvgIpc) is 3.25. The number of rotatable bonds is 2. The summed E-state index contributed by atoms with van der Waals surface area (Å²) in [5.41, 5.74) is 2.51. The Labute approximate surface area is 159 Å². The summed E-state index contributed by atoms with van der Waals surface area (Å²) in [6.45, 7) is 0. The van der Waals surface area contributed by atoms with Gasteiger partial charge in [0.2, 0.25) is 11.1 Å². The zero-order valence-corrected chi connectivity index (χ0v) is 15.9. The van der Waals surface area contributed by atoms with E-state index in [2.05, 4.69) is 29.2 Å². The van der Waals surface area contributed by atoms with Crippen LogP contribution in [0, 0.1) is 0 Å². The first-order valence-electron chi connectivity index (χ1n) is 10.1. The van der Waals surface area contributed by atoms with Gasteiger partial charge in [0.1, 0.15) is 6.10 Å². The largest absolute Gasteiger partial charge is 0.467 e. The number of aliphatic imine (C=N–C) groups is 1. The summed E-state index contributed by atoms with van der Waals surface area (Å²) in [7, 11) is 0. The van der Waals surface area contributed by atoms with Gasteiger partial charge in [0.25, 0.3) is 0 Å². The summed E-state index contributed by atoms with van der Waals surface area (Å²) in [6.07, 6.45) is 9.82. The van der Waals surface area contributed by atoms with Crippen LogP contribution in [0.4, 0.5) is 5.69 Å². The van der Waals surface area contributed by atoms with E-state index in [-0.39, 0.29) is 12.0 Å². The van der Waals surface area contributed by atoms with Gasteiger partial charge < -0.3 is 9.64 Å². The number of carbonyl (C=O) groups excluding carboxylic acids is 1. The Balaban J connectivity index is 1.29. The molecule has 2 heterocycles. The van der Waals surface area contributed by atoms with Gasteiger partial charge in [-0.1, -0.05) is 49.2 Å². The molecule has 0 radical (unpaired) electrons. The van der Waals surface area contributed by atoms with Crippen LogP contribution in [0.15, 0.2) is 29.3 Å². The molecule has 2 fully saturated rings. The van der Waals surface area contributed by atoms with E-state index >= 15 is 0 Å². The molecule has 4 aliphatic rings. The zero-order valence-electron chi connectivity index (χ0n) is 15.1. The third kappa shape index (κ3) is 2.84. The van der Waals surface area contributed by atoms with Gasteiger partial charge in [-0.2, -0.15) is 0 Å². The quantitative estimate of drug-likeness (QED) is 0.770. The van der Waals surface area contributed by atoms with E-state index < -0.39 is 0 Å². The van der Waals surface area contributed by atoms with Crippen LogP contribution in [0.3, 0.4) is 0 Å². The highest BCUT2D eigenvalue weighted by molar-refractivity contribution is 8.14. The van der Waals surface area contributed by atoms with E-state index in [1.165, 1.54) is 49.4 Å². The van der Waals surface area contributed by atoms with Crippen molar-refractivity contribution in [1.29, 1.82) is 0 Å². The molecule has 0 unspecified atom stereocenters. The number of hydrogen-bond acceptors (Lipinski definition) is 4. The molecular weight excluding hydrogens is 344 g/mol. The summed E-state index contributed by atoms with van der Waals surface area (Å²) in [5, 5.41) is 0.739. The molecule has 0 spiro atoms. The Morgan fingerprint density at radius 1 is 1.12 bits per heavy atom. The number of nitrogens with zero attached hydrogens (tertiary/aromatic N) is 2. The lowest BCUT2D eigenvalue weighted by molar-refractivity contribution is -0.116. The van der Waals surface area contributed by atoms with Crippen molar-refractivity contribution >= 4 is 28.6 Å². The molecule has 5 heteroatoms. The van der Waals surface area contributed by atoms with Crippen molar-refractivity contribution in [2.75, 3.05) is 10.7 Å². The van der Waals surface area contributed by atoms with Crippen LogP contribution < -0.4 is 4.90 Å². The van der Waals surface area contributed by atoms with Gasteiger partial charge in [-0.15, -0.1) is 0 Å². The Kier molecular flexibility index (Phi) is 4.43. The molecule has 0 N–H and O–H groups in total. The maximum atomic E-state index is 13.1. The van der Waals surface area contributed by atoms with Gasteiger partial charge in [0.15, 0.2) is 0 Å². The van der Waals surface area contributed by atoms with Crippen LogP contribution in [0.5, 0.6) is 0 Å². The van der Waals surface area contributed by atoms with E-state index in [9.17, 15) is 4.79 Å². The van der Waals surface area contributed by atoms with E-state index in [1.807, 2.05) is 0 Å². The maximum Gasteiger partial charge on any atom is 0.247 e. The molecule has 1 amide bonds. The first-order chi connectivity index (χ1) is 12.8.